The van der Waals surface area contributed by atoms with E-state index in [4.69, 9.17) is 27.6 Å². The third-order valence-electron chi connectivity index (χ3n) is 4.09. The minimum Gasteiger partial charge on any atom is -0.463 e. The van der Waals surface area contributed by atoms with E-state index >= 15 is 0 Å². The Kier molecular flexibility index (Phi) is 7.45. The first-order chi connectivity index (χ1) is 14.8. The average Bonchev–Trinajstić information content (AvgIpc) is 3.24. The summed E-state index contributed by atoms with van der Waals surface area (Å²) >= 11 is 11.9. The molecule has 3 aromatic rings. The van der Waals surface area contributed by atoms with Gasteiger partial charge in [-0.3, -0.25) is 4.79 Å². The summed E-state index contributed by atoms with van der Waals surface area (Å²) < 4.78 is 46.4. The summed E-state index contributed by atoms with van der Waals surface area (Å²) in [6.45, 7) is -1.10. The largest absolute Gasteiger partial charge is 0.463 e. The molecule has 1 amide bonds. The van der Waals surface area contributed by atoms with E-state index in [0.29, 0.717) is 10.8 Å². The molecule has 1 heterocycles. The fraction of sp³-hybridized carbons (Fsp3) is 0.100. The molecule has 7 nitrogen and oxygen atoms in total. The number of furan rings is 1. The molecule has 31 heavy (non-hydrogen) atoms. The fourth-order valence-electron chi connectivity index (χ4n) is 2.57. The summed E-state index contributed by atoms with van der Waals surface area (Å²) in [5, 5.41) is 4.09. The van der Waals surface area contributed by atoms with Gasteiger partial charge in [-0.05, 0) is 48.5 Å². The molecule has 3 rings (SSSR count). The zero-order valence-corrected chi connectivity index (χ0v) is 18.2. The highest BCUT2D eigenvalue weighted by atomic mass is 35.5. The molecule has 0 fully saturated rings. The summed E-state index contributed by atoms with van der Waals surface area (Å²) in [6, 6.07) is 12.6. The first-order valence-corrected chi connectivity index (χ1v) is 11.0. The molecule has 0 aliphatic rings. The minimum atomic E-state index is -4.19. The van der Waals surface area contributed by atoms with E-state index in [0.717, 1.165) is 10.4 Å². The van der Waals surface area contributed by atoms with E-state index in [1.807, 2.05) is 0 Å². The van der Waals surface area contributed by atoms with Crippen LogP contribution in [-0.2, 0) is 21.4 Å². The Labute approximate surface area is 188 Å². The van der Waals surface area contributed by atoms with Crippen molar-refractivity contribution in [2.45, 2.75) is 11.4 Å². The second-order valence-corrected chi connectivity index (χ2v) is 9.02. The van der Waals surface area contributed by atoms with Crippen molar-refractivity contribution < 1.29 is 22.0 Å². The monoisotopic (exact) mass is 483 g/mol. The number of sulfonamides is 1. The van der Waals surface area contributed by atoms with Crippen LogP contribution in [0.3, 0.4) is 0 Å². The molecular weight excluding hydrogens is 468 g/mol. The highest BCUT2D eigenvalue weighted by Gasteiger charge is 2.28. The van der Waals surface area contributed by atoms with Gasteiger partial charge in [0.25, 0.3) is 5.91 Å². The third kappa shape index (κ3) is 5.92. The lowest BCUT2D eigenvalue weighted by atomic mass is 10.2. The highest BCUT2D eigenvalue weighted by Crippen LogP contribution is 2.25. The zero-order valence-electron chi connectivity index (χ0n) is 15.8. The molecule has 0 aliphatic carbocycles. The Hall–Kier alpha value is -2.72. The summed E-state index contributed by atoms with van der Waals surface area (Å²) in [5.41, 5.74) is 2.15. The molecule has 0 atom stereocenters. The molecule has 0 unspecified atom stereocenters. The van der Waals surface area contributed by atoms with Crippen molar-refractivity contribution >= 4 is 45.3 Å². The molecule has 0 radical (unpaired) electrons. The summed E-state index contributed by atoms with van der Waals surface area (Å²) in [5.74, 6) is -1.04. The van der Waals surface area contributed by atoms with Crippen LogP contribution in [0.5, 0.6) is 0 Å². The number of nitrogens with zero attached hydrogens (tertiary/aromatic N) is 2. The zero-order chi connectivity index (χ0) is 22.4. The van der Waals surface area contributed by atoms with Gasteiger partial charge in [0.2, 0.25) is 10.0 Å². The van der Waals surface area contributed by atoms with Crippen LogP contribution in [0.4, 0.5) is 4.39 Å². The molecule has 162 valence electrons. The molecule has 0 aliphatic heterocycles. The second-order valence-electron chi connectivity index (χ2n) is 6.24. The molecule has 0 spiro atoms. The topological polar surface area (TPSA) is 92.0 Å². The van der Waals surface area contributed by atoms with Crippen LogP contribution in [-0.4, -0.2) is 31.4 Å². The number of nitrogens with one attached hydrogen (secondary N) is 1. The standard InChI is InChI=1S/C20H16Cl2FN3O4S/c21-14-6-8-16(9-7-14)31(28,29)26(12-17-18(22)4-1-5-19(17)23)13-20(27)25-24-11-15-3-2-10-30-15/h1-11H,12-13H2,(H,25,27). The van der Waals surface area contributed by atoms with E-state index in [2.05, 4.69) is 10.5 Å². The van der Waals surface area contributed by atoms with Gasteiger partial charge >= 0.3 is 0 Å². The Bertz CT molecular complexity index is 1160. The van der Waals surface area contributed by atoms with E-state index in [1.165, 1.54) is 48.9 Å². The quantitative estimate of drug-likeness (QED) is 0.386. The van der Waals surface area contributed by atoms with Crippen molar-refractivity contribution in [2.75, 3.05) is 6.54 Å². The number of hydrogen-bond donors (Lipinski definition) is 1. The number of rotatable bonds is 8. The maximum Gasteiger partial charge on any atom is 0.255 e. The maximum absolute atomic E-state index is 14.3. The van der Waals surface area contributed by atoms with Crippen LogP contribution in [0.2, 0.25) is 10.0 Å². The third-order valence-corrected chi connectivity index (χ3v) is 6.50. The average molecular weight is 484 g/mol. The first kappa shape index (κ1) is 23.0. The van der Waals surface area contributed by atoms with Gasteiger partial charge in [-0.25, -0.2) is 18.2 Å². The predicted octanol–water partition coefficient (Wildman–Crippen LogP) is 4.07. The lowest BCUT2D eigenvalue weighted by Crippen LogP contribution is -2.39. The number of halogens is 3. The van der Waals surface area contributed by atoms with Gasteiger partial charge in [0.15, 0.2) is 0 Å². The van der Waals surface area contributed by atoms with Crippen molar-refractivity contribution in [2.24, 2.45) is 5.10 Å². The highest BCUT2D eigenvalue weighted by molar-refractivity contribution is 7.89. The summed E-state index contributed by atoms with van der Waals surface area (Å²) in [4.78, 5) is 12.3. The molecule has 2 aromatic carbocycles. The van der Waals surface area contributed by atoms with Gasteiger partial charge < -0.3 is 4.42 Å². The van der Waals surface area contributed by atoms with Crippen LogP contribution >= 0.6 is 23.2 Å². The molecule has 1 aromatic heterocycles. The lowest BCUT2D eigenvalue weighted by Gasteiger charge is -2.22. The number of hydrogen-bond acceptors (Lipinski definition) is 5. The molecule has 0 saturated heterocycles. The van der Waals surface area contributed by atoms with E-state index in [-0.39, 0.29) is 15.5 Å². The molecular formula is C20H16Cl2FN3O4S. The van der Waals surface area contributed by atoms with Crippen molar-refractivity contribution in [1.29, 1.82) is 0 Å². The van der Waals surface area contributed by atoms with Crippen LogP contribution < -0.4 is 5.43 Å². The van der Waals surface area contributed by atoms with Crippen LogP contribution in [0.1, 0.15) is 11.3 Å². The van der Waals surface area contributed by atoms with E-state index in [1.54, 1.807) is 12.1 Å². The van der Waals surface area contributed by atoms with Gasteiger partial charge in [-0.15, -0.1) is 0 Å². The summed E-state index contributed by atoms with van der Waals surface area (Å²) in [6.07, 6.45) is 2.69. The second kappa shape index (κ2) is 10.1. The van der Waals surface area contributed by atoms with E-state index < -0.39 is 34.8 Å². The molecule has 0 bridgehead atoms. The Balaban J connectivity index is 1.86. The van der Waals surface area contributed by atoms with Gasteiger partial charge in [0.05, 0.1) is 23.9 Å². The van der Waals surface area contributed by atoms with E-state index in [9.17, 15) is 17.6 Å². The Morgan fingerprint density at radius 3 is 2.52 bits per heavy atom. The van der Waals surface area contributed by atoms with Gasteiger partial charge in [0.1, 0.15) is 11.6 Å². The van der Waals surface area contributed by atoms with Crippen molar-refractivity contribution in [1.82, 2.24) is 9.73 Å². The number of carbonyl (C=O) groups excluding carboxylic acids is 1. The van der Waals surface area contributed by atoms with Crippen LogP contribution in [0.15, 0.2) is 75.3 Å². The summed E-state index contributed by atoms with van der Waals surface area (Å²) in [7, 11) is -4.19. The van der Waals surface area contributed by atoms with Gasteiger partial charge in [-0.1, -0.05) is 29.3 Å². The lowest BCUT2D eigenvalue weighted by molar-refractivity contribution is -0.121. The van der Waals surface area contributed by atoms with Crippen molar-refractivity contribution in [3.05, 3.63) is 88.0 Å². The number of amides is 1. The van der Waals surface area contributed by atoms with Crippen molar-refractivity contribution in [3.8, 4) is 0 Å². The Morgan fingerprint density at radius 1 is 1.13 bits per heavy atom. The first-order valence-electron chi connectivity index (χ1n) is 8.81. The number of benzene rings is 2. The fourth-order valence-corrected chi connectivity index (χ4v) is 4.28. The molecule has 1 N–H and O–H groups in total. The van der Waals surface area contributed by atoms with Gasteiger partial charge in [0, 0.05) is 22.2 Å². The molecule has 0 saturated carbocycles. The van der Waals surface area contributed by atoms with Crippen LogP contribution in [0, 0.1) is 5.82 Å². The van der Waals surface area contributed by atoms with Crippen molar-refractivity contribution in [3.63, 3.8) is 0 Å². The number of carbonyl (C=O) groups is 1. The maximum atomic E-state index is 14.3. The molecule has 11 heteroatoms. The Morgan fingerprint density at radius 2 is 1.87 bits per heavy atom. The van der Waals surface area contributed by atoms with Gasteiger partial charge in [-0.2, -0.15) is 9.41 Å². The van der Waals surface area contributed by atoms with Crippen LogP contribution in [0.25, 0.3) is 0 Å². The number of hydrazone groups is 1. The smallest absolute Gasteiger partial charge is 0.255 e. The minimum absolute atomic E-state index is 0.0348. The SMILES string of the molecule is O=C(CN(Cc1c(F)cccc1Cl)S(=O)(=O)c1ccc(Cl)cc1)NN=Cc1ccco1. The normalized spacial score (nSPS) is 11.9. The predicted molar refractivity (Wildman–Crippen MR) is 115 cm³/mol.